The fourth-order valence-electron chi connectivity index (χ4n) is 3.49. The van der Waals surface area contributed by atoms with Crippen LogP contribution in [0.4, 0.5) is 10.5 Å². The van der Waals surface area contributed by atoms with Gasteiger partial charge in [-0.15, -0.1) is 0 Å². The molecule has 0 aliphatic carbocycles. The largest absolute Gasteiger partial charge is 0.488 e. The molecule has 0 radical (unpaired) electrons. The number of anilines is 1. The number of rotatable bonds is 7. The van der Waals surface area contributed by atoms with Crippen LogP contribution in [0.3, 0.4) is 0 Å². The maximum absolute atomic E-state index is 13.1. The van der Waals surface area contributed by atoms with E-state index in [-0.39, 0.29) is 23.4 Å². The molecule has 3 aromatic carbocycles. The zero-order valence-corrected chi connectivity index (χ0v) is 21.8. The van der Waals surface area contributed by atoms with Crippen LogP contribution >= 0.6 is 27.5 Å². The molecule has 1 N–H and O–H groups in total. The van der Waals surface area contributed by atoms with Crippen molar-refractivity contribution >= 4 is 63.1 Å². The molecule has 1 fully saturated rings. The van der Waals surface area contributed by atoms with Crippen LogP contribution in [0.15, 0.2) is 76.8 Å². The van der Waals surface area contributed by atoms with Crippen molar-refractivity contribution in [1.82, 2.24) is 5.32 Å². The summed E-state index contributed by atoms with van der Waals surface area (Å²) in [5.41, 5.74) is 1.71. The number of amides is 4. The Hall–Kier alpha value is -3.95. The first-order valence-electron chi connectivity index (χ1n) is 11.1. The van der Waals surface area contributed by atoms with E-state index in [4.69, 9.17) is 21.1 Å². The normalized spacial score (nSPS) is 14.5. The lowest BCUT2D eigenvalue weighted by Crippen LogP contribution is -2.54. The van der Waals surface area contributed by atoms with Gasteiger partial charge in [0.1, 0.15) is 17.9 Å². The number of barbiturate groups is 1. The number of halogens is 2. The van der Waals surface area contributed by atoms with Crippen molar-refractivity contribution in [2.24, 2.45) is 0 Å². The molecule has 1 aliphatic rings. The zero-order chi connectivity index (χ0) is 26.5. The van der Waals surface area contributed by atoms with Gasteiger partial charge in [0.25, 0.3) is 11.8 Å². The molecular weight excluding hydrogens is 564 g/mol. The molecule has 0 unspecified atom stereocenters. The molecule has 10 heteroatoms. The van der Waals surface area contributed by atoms with Crippen LogP contribution in [0, 0.1) is 0 Å². The van der Waals surface area contributed by atoms with Crippen molar-refractivity contribution in [3.63, 3.8) is 0 Å². The van der Waals surface area contributed by atoms with Crippen molar-refractivity contribution in [3.05, 3.63) is 98.5 Å². The number of hydrogen-bond donors (Lipinski definition) is 1. The highest BCUT2D eigenvalue weighted by Crippen LogP contribution is 2.29. The summed E-state index contributed by atoms with van der Waals surface area (Å²) in [7, 11) is 0. The Morgan fingerprint density at radius 2 is 1.73 bits per heavy atom. The van der Waals surface area contributed by atoms with Gasteiger partial charge in [-0.1, -0.05) is 29.8 Å². The molecule has 0 aromatic heterocycles. The molecule has 1 saturated heterocycles. The summed E-state index contributed by atoms with van der Waals surface area (Å²) >= 11 is 9.36. The van der Waals surface area contributed by atoms with Crippen LogP contribution in [0.1, 0.15) is 28.4 Å². The molecule has 4 rings (SSSR count). The van der Waals surface area contributed by atoms with E-state index in [1.807, 2.05) is 12.1 Å². The van der Waals surface area contributed by atoms with E-state index in [0.717, 1.165) is 10.5 Å². The van der Waals surface area contributed by atoms with Crippen molar-refractivity contribution < 1.29 is 28.7 Å². The summed E-state index contributed by atoms with van der Waals surface area (Å²) in [5.74, 6) is -1.56. The summed E-state index contributed by atoms with van der Waals surface area (Å²) in [6.07, 6.45) is 1.39. The standard InChI is InChI=1S/C27H20BrClN2O6/c1-2-36-26(34)18-6-10-20(11-7-18)31-25(33)21(24(32)30-27(31)35)13-17-5-12-23(22(28)14-17)37-15-16-3-8-19(29)9-4-16/h3-14H,2,15H2,1H3,(H,30,32,35)/b21-13+. The summed E-state index contributed by atoms with van der Waals surface area (Å²) in [5, 5.41) is 2.81. The molecule has 4 amide bonds. The number of imide groups is 2. The minimum atomic E-state index is -0.886. The molecule has 8 nitrogen and oxygen atoms in total. The summed E-state index contributed by atoms with van der Waals surface area (Å²) < 4.78 is 11.4. The monoisotopic (exact) mass is 582 g/mol. The SMILES string of the molecule is CCOC(=O)c1ccc(N2C(=O)NC(=O)/C(=C\c3ccc(OCc4ccc(Cl)cc4)c(Br)c3)C2=O)cc1. The van der Waals surface area contributed by atoms with Gasteiger partial charge in [0.05, 0.1) is 22.3 Å². The second kappa shape index (κ2) is 11.4. The van der Waals surface area contributed by atoms with Gasteiger partial charge in [-0.25, -0.2) is 14.5 Å². The highest BCUT2D eigenvalue weighted by molar-refractivity contribution is 9.10. The number of carbonyl (C=O) groups excluding carboxylic acids is 4. The van der Waals surface area contributed by atoms with Crippen LogP contribution in [-0.4, -0.2) is 30.4 Å². The highest BCUT2D eigenvalue weighted by atomic mass is 79.9. The minimum Gasteiger partial charge on any atom is -0.488 e. The molecular formula is C27H20BrClN2O6. The van der Waals surface area contributed by atoms with Gasteiger partial charge in [0.15, 0.2) is 0 Å². The Labute approximate surface area is 225 Å². The predicted molar refractivity (Wildman–Crippen MR) is 141 cm³/mol. The molecule has 1 aliphatic heterocycles. The number of urea groups is 1. The van der Waals surface area contributed by atoms with Gasteiger partial charge in [-0.05, 0) is 88.6 Å². The number of nitrogens with zero attached hydrogens (tertiary/aromatic N) is 1. The fraction of sp³-hybridized carbons (Fsp3) is 0.111. The van der Waals surface area contributed by atoms with Gasteiger partial charge in [-0.2, -0.15) is 0 Å². The second-order valence-electron chi connectivity index (χ2n) is 7.83. The van der Waals surface area contributed by atoms with Gasteiger partial charge < -0.3 is 9.47 Å². The quantitative estimate of drug-likeness (QED) is 0.223. The molecule has 3 aromatic rings. The average molecular weight is 584 g/mol. The average Bonchev–Trinajstić information content (AvgIpc) is 2.87. The van der Waals surface area contributed by atoms with E-state index >= 15 is 0 Å². The lowest BCUT2D eigenvalue weighted by molar-refractivity contribution is -0.122. The molecule has 0 atom stereocenters. The summed E-state index contributed by atoms with van der Waals surface area (Å²) in [4.78, 5) is 50.8. The number of hydrogen-bond acceptors (Lipinski definition) is 6. The maximum Gasteiger partial charge on any atom is 0.338 e. The van der Waals surface area contributed by atoms with E-state index in [1.54, 1.807) is 37.3 Å². The van der Waals surface area contributed by atoms with Gasteiger partial charge in [-0.3, -0.25) is 14.9 Å². The van der Waals surface area contributed by atoms with Crippen molar-refractivity contribution in [3.8, 4) is 5.75 Å². The van der Waals surface area contributed by atoms with Gasteiger partial charge >= 0.3 is 12.0 Å². The second-order valence-corrected chi connectivity index (χ2v) is 9.12. The fourth-order valence-corrected chi connectivity index (χ4v) is 4.12. The number of carbonyl (C=O) groups is 4. The predicted octanol–water partition coefficient (Wildman–Crippen LogP) is 5.52. The first-order valence-corrected chi connectivity index (χ1v) is 12.3. The van der Waals surface area contributed by atoms with Crippen molar-refractivity contribution in [2.45, 2.75) is 13.5 Å². The summed E-state index contributed by atoms with van der Waals surface area (Å²) in [6.45, 7) is 2.23. The van der Waals surface area contributed by atoms with Gasteiger partial charge in [0, 0.05) is 5.02 Å². The van der Waals surface area contributed by atoms with Crippen LogP contribution in [0.2, 0.25) is 5.02 Å². The molecule has 0 saturated carbocycles. The molecule has 37 heavy (non-hydrogen) atoms. The van der Waals surface area contributed by atoms with Crippen LogP contribution in [0.25, 0.3) is 6.08 Å². The Morgan fingerprint density at radius 3 is 2.38 bits per heavy atom. The molecule has 0 spiro atoms. The van der Waals surface area contributed by atoms with Crippen LogP contribution in [0.5, 0.6) is 5.75 Å². The topological polar surface area (TPSA) is 102 Å². The third kappa shape index (κ3) is 6.07. The zero-order valence-electron chi connectivity index (χ0n) is 19.5. The van der Waals surface area contributed by atoms with Crippen LogP contribution < -0.4 is 15.0 Å². The van der Waals surface area contributed by atoms with E-state index in [9.17, 15) is 19.2 Å². The number of nitrogens with one attached hydrogen (secondary N) is 1. The minimum absolute atomic E-state index is 0.195. The Balaban J connectivity index is 1.53. The van der Waals surface area contributed by atoms with Gasteiger partial charge in [0.2, 0.25) is 0 Å². The first kappa shape index (κ1) is 26.1. The van der Waals surface area contributed by atoms with Crippen molar-refractivity contribution in [1.29, 1.82) is 0 Å². The highest BCUT2D eigenvalue weighted by Gasteiger charge is 2.36. The number of esters is 1. The van der Waals surface area contributed by atoms with E-state index in [1.165, 1.54) is 30.3 Å². The van der Waals surface area contributed by atoms with E-state index in [2.05, 4.69) is 21.2 Å². The summed E-state index contributed by atoms with van der Waals surface area (Å²) in [6, 6.07) is 17.2. The Bertz CT molecular complexity index is 1400. The lowest BCUT2D eigenvalue weighted by Gasteiger charge is -2.26. The van der Waals surface area contributed by atoms with Crippen molar-refractivity contribution in [2.75, 3.05) is 11.5 Å². The third-order valence-corrected chi connectivity index (χ3v) is 6.18. The smallest absolute Gasteiger partial charge is 0.338 e. The third-order valence-electron chi connectivity index (χ3n) is 5.31. The molecule has 188 valence electrons. The Morgan fingerprint density at radius 1 is 1.03 bits per heavy atom. The number of ether oxygens (including phenoxy) is 2. The molecule has 1 heterocycles. The van der Waals surface area contributed by atoms with E-state index in [0.29, 0.717) is 27.4 Å². The maximum atomic E-state index is 13.1. The lowest BCUT2D eigenvalue weighted by atomic mass is 10.1. The number of benzene rings is 3. The Kier molecular flexibility index (Phi) is 8.05. The van der Waals surface area contributed by atoms with E-state index < -0.39 is 23.8 Å². The van der Waals surface area contributed by atoms with Crippen LogP contribution in [-0.2, 0) is 20.9 Å². The molecule has 0 bridgehead atoms. The first-order chi connectivity index (χ1) is 17.8.